The van der Waals surface area contributed by atoms with Crippen LogP contribution in [0.2, 0.25) is 0 Å². The van der Waals surface area contributed by atoms with Gasteiger partial charge in [0, 0.05) is 0 Å². The van der Waals surface area contributed by atoms with E-state index < -0.39 is 51.1 Å². The maximum Gasteiger partial charge on any atom is 0.483 e. The molecule has 0 aromatic rings. The molecule has 18 heteroatoms. The molecule has 25 heavy (non-hydrogen) atoms. The van der Waals surface area contributed by atoms with Gasteiger partial charge in [-0.15, -0.1) is 12.7 Å². The van der Waals surface area contributed by atoms with Gasteiger partial charge in [0.25, 0.3) is 0 Å². The Morgan fingerprint density at radius 1 is 0.560 bits per heavy atom. The first kappa shape index (κ1) is 23.6. The van der Waals surface area contributed by atoms with Gasteiger partial charge in [-0.2, -0.15) is 52.3 Å². The molecule has 0 N–H and O–H groups in total. The first-order valence-corrected chi connectivity index (χ1v) is 6.24. The third-order valence-electron chi connectivity index (χ3n) is 2.72. The maximum absolute atomic E-state index is 13.2. The fraction of sp³-hybridized carbons (Fsp3) is 0.857. The maximum atomic E-state index is 13.2. The van der Waals surface area contributed by atoms with Gasteiger partial charge in [-0.05, 0) is 0 Å². The largest absolute Gasteiger partial charge is 0.483 e. The van der Waals surface area contributed by atoms with Crippen molar-refractivity contribution in [2.24, 2.45) is 0 Å². The molecule has 0 aliphatic heterocycles. The quantitative estimate of drug-likeness (QED) is 0.463. The Morgan fingerprint density at radius 3 is 0.880 bits per heavy atom. The molecule has 1 fully saturated rings. The van der Waals surface area contributed by atoms with E-state index in [4.69, 9.17) is 4.79 Å². The second kappa shape index (κ2) is 5.57. The SMILES string of the molecule is O=C(F)F.O=S(=O)(F)C1(F)C(F)(F)C(F)(F)C(F)(F)C(F)(F)C1(F)F. The molecule has 0 aromatic carbocycles. The zero-order valence-corrected chi connectivity index (χ0v) is 11.2. The van der Waals surface area contributed by atoms with Crippen LogP contribution in [0, 0.1) is 0 Å². The fourth-order valence-corrected chi connectivity index (χ4v) is 2.37. The van der Waals surface area contributed by atoms with Gasteiger partial charge in [0.1, 0.15) is 0 Å². The molecule has 0 saturated heterocycles. The van der Waals surface area contributed by atoms with Crippen LogP contribution in [-0.2, 0) is 10.2 Å². The van der Waals surface area contributed by atoms with Crippen molar-refractivity contribution in [1.82, 2.24) is 0 Å². The van der Waals surface area contributed by atoms with E-state index in [0.717, 1.165) is 0 Å². The minimum Gasteiger partial charge on any atom is -0.219 e. The lowest BCUT2D eigenvalue weighted by molar-refractivity contribution is -0.470. The summed E-state index contributed by atoms with van der Waals surface area (Å²) in [7, 11) is -8.19. The van der Waals surface area contributed by atoms with Crippen molar-refractivity contribution < 1.29 is 74.2 Å². The summed E-state index contributed by atoms with van der Waals surface area (Å²) in [5.41, 5.74) is 0. The van der Waals surface area contributed by atoms with Crippen molar-refractivity contribution in [2.45, 2.75) is 34.6 Å². The number of carbonyl (C=O) groups is 1. The molecule has 0 spiro atoms. The summed E-state index contributed by atoms with van der Waals surface area (Å²) < 4.78 is 192. The van der Waals surface area contributed by atoms with Crippen molar-refractivity contribution in [3.8, 4) is 0 Å². The molecule has 1 aliphatic rings. The first-order chi connectivity index (χ1) is 10.5. The fourth-order valence-electron chi connectivity index (χ4n) is 1.50. The summed E-state index contributed by atoms with van der Waals surface area (Å²) in [5.74, 6) is -38.3. The summed E-state index contributed by atoms with van der Waals surface area (Å²) in [6, 6.07) is 0. The standard InChI is InChI=1S/C6F12O2S.CF2O/c7-1(8)2(9,10)4(13,14)6(17,21(18,19)20)5(15,16)3(1,11)12;2-1(3)4. The lowest BCUT2D eigenvalue weighted by atomic mass is 9.81. The van der Waals surface area contributed by atoms with E-state index in [0.29, 0.717) is 0 Å². The van der Waals surface area contributed by atoms with Crippen molar-refractivity contribution in [3.05, 3.63) is 0 Å². The van der Waals surface area contributed by atoms with Gasteiger partial charge < -0.3 is 0 Å². The van der Waals surface area contributed by atoms with E-state index in [-0.39, 0.29) is 0 Å². The second-order valence-corrected chi connectivity index (χ2v) is 5.57. The molecule has 0 heterocycles. The molecular weight excluding hydrogens is 430 g/mol. The Balaban J connectivity index is 0.00000129. The van der Waals surface area contributed by atoms with Crippen LogP contribution in [0.15, 0.2) is 0 Å². The van der Waals surface area contributed by atoms with Crippen LogP contribution >= 0.6 is 0 Å². The van der Waals surface area contributed by atoms with Crippen molar-refractivity contribution >= 4 is 16.5 Å². The van der Waals surface area contributed by atoms with Crippen molar-refractivity contribution in [1.29, 1.82) is 0 Å². The normalized spacial score (nSPS) is 27.6. The van der Waals surface area contributed by atoms with E-state index in [1.165, 1.54) is 0 Å². The van der Waals surface area contributed by atoms with Crippen molar-refractivity contribution in [2.75, 3.05) is 0 Å². The predicted octanol–water partition coefficient (Wildman–Crippen LogP) is 4.19. The Bertz CT molecular complexity index is 617. The van der Waals surface area contributed by atoms with E-state index >= 15 is 0 Å². The lowest BCUT2D eigenvalue weighted by Crippen LogP contribution is -2.84. The number of alkyl halides is 11. The minimum atomic E-state index is -8.19. The monoisotopic (exact) mass is 430 g/mol. The predicted molar refractivity (Wildman–Crippen MR) is 46.2 cm³/mol. The Labute approximate surface area is 126 Å². The zero-order valence-electron chi connectivity index (χ0n) is 10.4. The van der Waals surface area contributed by atoms with Gasteiger partial charge in [0.15, 0.2) is 0 Å². The summed E-state index contributed by atoms with van der Waals surface area (Å²) in [6.45, 7) is 0. The molecule has 3 nitrogen and oxygen atoms in total. The van der Waals surface area contributed by atoms with Gasteiger partial charge >= 0.3 is 51.1 Å². The van der Waals surface area contributed by atoms with E-state index in [1.54, 1.807) is 0 Å². The van der Waals surface area contributed by atoms with Crippen LogP contribution in [-0.4, -0.2) is 49.3 Å². The Hall–Kier alpha value is -1.36. The number of hydrogen-bond donors (Lipinski definition) is 0. The second-order valence-electron chi connectivity index (χ2n) is 4.13. The molecule has 0 radical (unpaired) electrons. The number of halogens is 14. The van der Waals surface area contributed by atoms with Gasteiger partial charge in [0.2, 0.25) is 0 Å². The molecule has 0 aromatic heterocycles. The molecule has 0 atom stereocenters. The average molecular weight is 430 g/mol. The number of rotatable bonds is 1. The first-order valence-electron chi connectivity index (χ1n) is 4.85. The number of hydrogen-bond acceptors (Lipinski definition) is 3. The van der Waals surface area contributed by atoms with Gasteiger partial charge in [-0.1, -0.05) is 0 Å². The third-order valence-corrected chi connectivity index (χ3v) is 3.91. The number of carbonyl (C=O) groups excluding carboxylic acids is 1. The topological polar surface area (TPSA) is 51.2 Å². The van der Waals surface area contributed by atoms with E-state index in [9.17, 15) is 69.4 Å². The summed E-state index contributed by atoms with van der Waals surface area (Å²) in [4.78, 5) is 8.11. The van der Waals surface area contributed by atoms with Gasteiger partial charge in [-0.25, -0.2) is 9.18 Å². The molecule has 0 bridgehead atoms. The highest BCUT2D eigenvalue weighted by Crippen LogP contribution is 2.70. The molecule has 1 saturated carbocycles. The van der Waals surface area contributed by atoms with Crippen LogP contribution in [0.25, 0.3) is 0 Å². The smallest absolute Gasteiger partial charge is 0.219 e. The molecule has 1 aliphatic carbocycles. The molecule has 0 amide bonds. The van der Waals surface area contributed by atoms with Crippen LogP contribution in [0.5, 0.6) is 0 Å². The molecule has 0 unspecified atom stereocenters. The summed E-state index contributed by atoms with van der Waals surface area (Å²) >= 11 is 0. The highest BCUT2D eigenvalue weighted by atomic mass is 32.3. The van der Waals surface area contributed by atoms with Crippen LogP contribution in [0.1, 0.15) is 0 Å². The van der Waals surface area contributed by atoms with Crippen molar-refractivity contribution in [3.63, 3.8) is 0 Å². The average Bonchev–Trinajstić information content (AvgIpc) is 2.33. The van der Waals surface area contributed by atoms with E-state index in [2.05, 4.69) is 0 Å². The third kappa shape index (κ3) is 2.54. The minimum absolute atomic E-state index is 2.83. The highest BCUT2D eigenvalue weighted by molar-refractivity contribution is 7.87. The van der Waals surface area contributed by atoms with E-state index in [1.807, 2.05) is 0 Å². The molecular formula is C7F14O3S. The summed E-state index contributed by atoms with van der Waals surface area (Å²) in [6.07, 6.45) is -2.83. The summed E-state index contributed by atoms with van der Waals surface area (Å²) in [5, 5.41) is -7.61. The Morgan fingerprint density at radius 2 is 0.720 bits per heavy atom. The van der Waals surface area contributed by atoms with Gasteiger partial charge in [0.05, 0.1) is 0 Å². The van der Waals surface area contributed by atoms with Crippen LogP contribution in [0.4, 0.5) is 65.8 Å². The lowest BCUT2D eigenvalue weighted by Gasteiger charge is -2.50. The zero-order chi connectivity index (χ0) is 21.1. The Kier molecular flexibility index (Phi) is 5.26. The molecule has 150 valence electrons. The van der Waals surface area contributed by atoms with Gasteiger partial charge in [-0.3, -0.25) is 0 Å². The van der Waals surface area contributed by atoms with Crippen LogP contribution in [0.3, 0.4) is 0 Å². The highest BCUT2D eigenvalue weighted by Gasteiger charge is 3.04. The van der Waals surface area contributed by atoms with Crippen LogP contribution < -0.4 is 0 Å². The molecule has 1 rings (SSSR count).